The van der Waals surface area contributed by atoms with Gasteiger partial charge in [-0.05, 0) is 36.6 Å². The van der Waals surface area contributed by atoms with E-state index in [4.69, 9.17) is 5.11 Å². The second-order valence-corrected chi connectivity index (χ2v) is 5.90. The molecule has 0 bridgehead atoms. The Labute approximate surface area is 134 Å². The highest BCUT2D eigenvalue weighted by Gasteiger charge is 2.19. The number of amides is 1. The third kappa shape index (κ3) is 7.04. The minimum absolute atomic E-state index is 0.000611. The number of rotatable bonds is 9. The SMILES string of the molecule is CC(C)CC(CNC(=O)CCC(=O)c1ccc(F)cc1)C(=O)O. The van der Waals surface area contributed by atoms with E-state index in [9.17, 15) is 18.8 Å². The first-order valence-electron chi connectivity index (χ1n) is 7.58. The molecule has 5 nitrogen and oxygen atoms in total. The van der Waals surface area contributed by atoms with E-state index < -0.39 is 17.7 Å². The standard InChI is InChI=1S/C17H22FNO4/c1-11(2)9-13(17(22)23)10-19-16(21)8-7-15(20)12-3-5-14(18)6-4-12/h3-6,11,13H,7-10H2,1-2H3,(H,19,21)(H,22,23). The van der Waals surface area contributed by atoms with Gasteiger partial charge in [-0.2, -0.15) is 0 Å². The number of halogens is 1. The average molecular weight is 323 g/mol. The van der Waals surface area contributed by atoms with Gasteiger partial charge in [0, 0.05) is 24.9 Å². The summed E-state index contributed by atoms with van der Waals surface area (Å²) in [5, 5.41) is 11.6. The maximum absolute atomic E-state index is 12.8. The van der Waals surface area contributed by atoms with Crippen LogP contribution in [0.1, 0.15) is 43.5 Å². The summed E-state index contributed by atoms with van der Waals surface area (Å²) in [6.45, 7) is 3.88. The molecule has 0 radical (unpaired) electrons. The summed E-state index contributed by atoms with van der Waals surface area (Å²) in [6, 6.07) is 5.13. The third-order valence-corrected chi connectivity index (χ3v) is 3.40. The highest BCUT2D eigenvalue weighted by atomic mass is 19.1. The van der Waals surface area contributed by atoms with Crippen molar-refractivity contribution < 1.29 is 23.9 Å². The highest BCUT2D eigenvalue weighted by molar-refractivity contribution is 5.97. The minimum Gasteiger partial charge on any atom is -0.481 e. The van der Waals surface area contributed by atoms with Crippen LogP contribution < -0.4 is 5.32 Å². The van der Waals surface area contributed by atoms with Crippen LogP contribution in [0.2, 0.25) is 0 Å². The van der Waals surface area contributed by atoms with Gasteiger partial charge >= 0.3 is 5.97 Å². The molecule has 126 valence electrons. The minimum atomic E-state index is -0.943. The largest absolute Gasteiger partial charge is 0.481 e. The van der Waals surface area contributed by atoms with E-state index in [0.717, 1.165) is 0 Å². The number of hydrogen-bond donors (Lipinski definition) is 2. The summed E-state index contributed by atoms with van der Waals surface area (Å²) < 4.78 is 12.8. The van der Waals surface area contributed by atoms with Gasteiger partial charge in [0.05, 0.1) is 5.92 Å². The molecule has 1 amide bonds. The maximum atomic E-state index is 12.8. The number of Topliss-reactive ketones (excluding diaryl/α,β-unsaturated/α-hetero) is 1. The third-order valence-electron chi connectivity index (χ3n) is 3.40. The molecule has 23 heavy (non-hydrogen) atoms. The van der Waals surface area contributed by atoms with Crippen molar-refractivity contribution in [2.24, 2.45) is 11.8 Å². The van der Waals surface area contributed by atoms with Gasteiger partial charge < -0.3 is 10.4 Å². The molecule has 0 aliphatic carbocycles. The van der Waals surface area contributed by atoms with E-state index in [0.29, 0.717) is 12.0 Å². The number of carboxylic acids is 1. The van der Waals surface area contributed by atoms with Crippen LogP contribution in [0.5, 0.6) is 0 Å². The van der Waals surface area contributed by atoms with Gasteiger partial charge in [0.15, 0.2) is 5.78 Å². The van der Waals surface area contributed by atoms with Gasteiger partial charge in [0.25, 0.3) is 0 Å². The Morgan fingerprint density at radius 3 is 2.26 bits per heavy atom. The van der Waals surface area contributed by atoms with Gasteiger partial charge in [0.2, 0.25) is 5.91 Å². The van der Waals surface area contributed by atoms with Crippen LogP contribution in [-0.4, -0.2) is 29.3 Å². The topological polar surface area (TPSA) is 83.5 Å². The molecule has 2 N–H and O–H groups in total. The fraction of sp³-hybridized carbons (Fsp3) is 0.471. The summed E-state index contributed by atoms with van der Waals surface area (Å²) in [6.07, 6.45) is 0.452. The second-order valence-electron chi connectivity index (χ2n) is 5.90. The van der Waals surface area contributed by atoms with Gasteiger partial charge in [-0.1, -0.05) is 13.8 Å². The number of ketones is 1. The van der Waals surface area contributed by atoms with Gasteiger partial charge in [-0.15, -0.1) is 0 Å². The van der Waals surface area contributed by atoms with Gasteiger partial charge in [0.1, 0.15) is 5.82 Å². The van der Waals surface area contributed by atoms with Crippen molar-refractivity contribution in [3.05, 3.63) is 35.6 Å². The number of carbonyl (C=O) groups excluding carboxylic acids is 2. The van der Waals surface area contributed by atoms with Crippen molar-refractivity contribution in [3.8, 4) is 0 Å². The fourth-order valence-electron chi connectivity index (χ4n) is 2.17. The number of hydrogen-bond acceptors (Lipinski definition) is 3. The molecule has 1 unspecified atom stereocenters. The van der Waals surface area contributed by atoms with Crippen molar-refractivity contribution in [2.75, 3.05) is 6.54 Å². The summed E-state index contributed by atoms with van der Waals surface area (Å²) in [5.74, 6) is -2.40. The number of carboxylic acid groups (broad SMARTS) is 1. The lowest BCUT2D eigenvalue weighted by Crippen LogP contribution is -2.33. The molecule has 0 spiro atoms. The van der Waals surface area contributed by atoms with E-state index in [1.54, 1.807) is 0 Å². The van der Waals surface area contributed by atoms with Crippen LogP contribution in [0.4, 0.5) is 4.39 Å². The molecule has 0 heterocycles. The van der Waals surface area contributed by atoms with Crippen LogP contribution in [0.3, 0.4) is 0 Å². The first kappa shape index (κ1) is 18.8. The molecule has 0 aliphatic heterocycles. The maximum Gasteiger partial charge on any atom is 0.308 e. The quantitative estimate of drug-likeness (QED) is 0.684. The molecule has 1 rings (SSSR count). The molecule has 0 aromatic heterocycles. The zero-order valence-corrected chi connectivity index (χ0v) is 13.3. The normalized spacial score (nSPS) is 12.0. The summed E-state index contributed by atoms with van der Waals surface area (Å²) in [7, 11) is 0. The second kappa shape index (κ2) is 9.02. The summed E-state index contributed by atoms with van der Waals surface area (Å²) in [4.78, 5) is 34.7. The van der Waals surface area contributed by atoms with Crippen LogP contribution in [0, 0.1) is 17.7 Å². The average Bonchev–Trinajstić information content (AvgIpc) is 2.49. The molecule has 0 saturated heterocycles. The number of benzene rings is 1. The Hall–Kier alpha value is -2.24. The van der Waals surface area contributed by atoms with Crippen LogP contribution in [0.15, 0.2) is 24.3 Å². The van der Waals surface area contributed by atoms with Gasteiger partial charge in [-0.25, -0.2) is 4.39 Å². The monoisotopic (exact) mass is 323 g/mol. The predicted octanol–water partition coefficient (Wildman–Crippen LogP) is 2.65. The molecule has 0 saturated carbocycles. The lowest BCUT2D eigenvalue weighted by Gasteiger charge is -2.15. The zero-order chi connectivity index (χ0) is 17.4. The lowest BCUT2D eigenvalue weighted by atomic mass is 9.97. The lowest BCUT2D eigenvalue weighted by molar-refractivity contribution is -0.142. The molecular weight excluding hydrogens is 301 g/mol. The van der Waals surface area contributed by atoms with Crippen molar-refractivity contribution in [1.82, 2.24) is 5.32 Å². The van der Waals surface area contributed by atoms with Gasteiger partial charge in [-0.3, -0.25) is 14.4 Å². The summed E-state index contributed by atoms with van der Waals surface area (Å²) in [5.41, 5.74) is 0.349. The van der Waals surface area contributed by atoms with E-state index in [2.05, 4.69) is 5.32 Å². The van der Waals surface area contributed by atoms with Crippen molar-refractivity contribution >= 4 is 17.7 Å². The molecule has 1 atom stereocenters. The van der Waals surface area contributed by atoms with Crippen molar-refractivity contribution in [1.29, 1.82) is 0 Å². The van der Waals surface area contributed by atoms with Crippen molar-refractivity contribution in [3.63, 3.8) is 0 Å². The van der Waals surface area contributed by atoms with E-state index >= 15 is 0 Å². The molecule has 1 aromatic carbocycles. The molecule has 0 aliphatic rings. The number of nitrogens with one attached hydrogen (secondary N) is 1. The molecular formula is C17H22FNO4. The Morgan fingerprint density at radius 1 is 1.13 bits per heavy atom. The van der Waals surface area contributed by atoms with E-state index in [1.165, 1.54) is 24.3 Å². The Morgan fingerprint density at radius 2 is 1.74 bits per heavy atom. The van der Waals surface area contributed by atoms with Crippen LogP contribution in [0.25, 0.3) is 0 Å². The fourth-order valence-corrected chi connectivity index (χ4v) is 2.17. The summed E-state index contributed by atoms with van der Waals surface area (Å²) >= 11 is 0. The van der Waals surface area contributed by atoms with Crippen LogP contribution >= 0.6 is 0 Å². The van der Waals surface area contributed by atoms with E-state index in [1.807, 2.05) is 13.8 Å². The smallest absolute Gasteiger partial charge is 0.308 e. The Bertz CT molecular complexity index is 554. The highest BCUT2D eigenvalue weighted by Crippen LogP contribution is 2.11. The Balaban J connectivity index is 2.40. The molecule has 6 heteroatoms. The number of aliphatic carboxylic acids is 1. The molecule has 0 fully saturated rings. The van der Waals surface area contributed by atoms with Crippen LogP contribution in [-0.2, 0) is 9.59 Å². The zero-order valence-electron chi connectivity index (χ0n) is 13.3. The first-order chi connectivity index (χ1) is 10.8. The number of carbonyl (C=O) groups is 3. The van der Waals surface area contributed by atoms with Crippen molar-refractivity contribution in [2.45, 2.75) is 33.1 Å². The van der Waals surface area contributed by atoms with E-state index in [-0.39, 0.29) is 37.0 Å². The predicted molar refractivity (Wildman–Crippen MR) is 83.6 cm³/mol. The molecule has 1 aromatic rings. The Kier molecular flexibility index (Phi) is 7.38. The first-order valence-corrected chi connectivity index (χ1v) is 7.58.